The number of aryl methyl sites for hydroxylation is 1. The van der Waals surface area contributed by atoms with E-state index in [-0.39, 0.29) is 5.92 Å². The fourth-order valence-corrected chi connectivity index (χ4v) is 4.81. The molecule has 2 aromatic carbocycles. The van der Waals surface area contributed by atoms with Crippen molar-refractivity contribution in [2.45, 2.75) is 57.5 Å². The Balaban J connectivity index is 1.96. The van der Waals surface area contributed by atoms with Crippen LogP contribution in [0, 0.1) is 0 Å². The lowest BCUT2D eigenvalue weighted by molar-refractivity contribution is -0.00674. The minimum Gasteiger partial charge on any atom is -0.497 e. The van der Waals surface area contributed by atoms with Gasteiger partial charge < -0.3 is 14.7 Å². The van der Waals surface area contributed by atoms with E-state index in [2.05, 4.69) is 55.1 Å². The van der Waals surface area contributed by atoms with Gasteiger partial charge in [-0.05, 0) is 80.6 Å². The van der Waals surface area contributed by atoms with E-state index in [4.69, 9.17) is 4.74 Å². The van der Waals surface area contributed by atoms with Gasteiger partial charge in [0.2, 0.25) is 0 Å². The summed E-state index contributed by atoms with van der Waals surface area (Å²) in [6, 6.07) is 16.8. The first kappa shape index (κ1) is 20.9. The Kier molecular flexibility index (Phi) is 7.14. The summed E-state index contributed by atoms with van der Waals surface area (Å²) >= 11 is 0. The van der Waals surface area contributed by atoms with Gasteiger partial charge in [-0.25, -0.2) is 0 Å². The molecule has 1 aliphatic carbocycles. The van der Waals surface area contributed by atoms with Crippen molar-refractivity contribution in [3.8, 4) is 5.75 Å². The zero-order chi connectivity index (χ0) is 20.0. The van der Waals surface area contributed by atoms with Crippen LogP contribution < -0.4 is 4.74 Å². The van der Waals surface area contributed by atoms with Gasteiger partial charge in [-0.15, -0.1) is 0 Å². The molecule has 0 amide bonds. The van der Waals surface area contributed by atoms with Gasteiger partial charge in [-0.3, -0.25) is 0 Å². The maximum Gasteiger partial charge on any atom is 0.119 e. The van der Waals surface area contributed by atoms with Crippen LogP contribution in [0.5, 0.6) is 5.75 Å². The van der Waals surface area contributed by atoms with Crippen LogP contribution in [0.15, 0.2) is 48.5 Å². The Morgan fingerprint density at radius 1 is 1.11 bits per heavy atom. The van der Waals surface area contributed by atoms with Gasteiger partial charge in [0, 0.05) is 5.92 Å². The van der Waals surface area contributed by atoms with E-state index in [1.807, 2.05) is 12.1 Å². The van der Waals surface area contributed by atoms with Gasteiger partial charge in [0.15, 0.2) is 0 Å². The number of rotatable bonds is 8. The molecule has 2 unspecified atom stereocenters. The van der Waals surface area contributed by atoms with Crippen LogP contribution in [0.25, 0.3) is 0 Å². The van der Waals surface area contributed by atoms with Crippen LogP contribution in [0.4, 0.5) is 0 Å². The summed E-state index contributed by atoms with van der Waals surface area (Å²) in [5, 5.41) is 12.2. The Morgan fingerprint density at radius 3 is 2.64 bits per heavy atom. The monoisotopic (exact) mass is 381 g/mol. The molecular weight excluding hydrogens is 346 g/mol. The van der Waals surface area contributed by atoms with E-state index in [1.54, 1.807) is 7.11 Å². The van der Waals surface area contributed by atoms with E-state index in [0.717, 1.165) is 63.1 Å². The summed E-state index contributed by atoms with van der Waals surface area (Å²) in [5.74, 6) is 0.948. The summed E-state index contributed by atoms with van der Waals surface area (Å²) in [5.41, 5.74) is 2.77. The van der Waals surface area contributed by atoms with Crippen molar-refractivity contribution >= 4 is 0 Å². The third-order valence-corrected chi connectivity index (χ3v) is 6.42. The summed E-state index contributed by atoms with van der Waals surface area (Å²) in [4.78, 5) is 2.44. The van der Waals surface area contributed by atoms with Crippen molar-refractivity contribution in [3.63, 3.8) is 0 Å². The molecule has 0 spiro atoms. The maximum atomic E-state index is 12.2. The van der Waals surface area contributed by atoms with Crippen molar-refractivity contribution in [1.82, 2.24) is 4.90 Å². The predicted octanol–water partition coefficient (Wildman–Crippen LogP) is 5.12. The van der Waals surface area contributed by atoms with Crippen LogP contribution in [0.3, 0.4) is 0 Å². The number of nitrogens with zero attached hydrogens (tertiary/aromatic N) is 1. The molecule has 3 rings (SSSR count). The second kappa shape index (κ2) is 9.58. The number of benzene rings is 2. The summed E-state index contributed by atoms with van der Waals surface area (Å²) < 4.78 is 5.47. The molecule has 0 bridgehead atoms. The molecule has 28 heavy (non-hydrogen) atoms. The first-order valence-corrected chi connectivity index (χ1v) is 10.8. The SMILES string of the molecule is CCN(CC)CCCC1(O)c2ccccc2CCCC1c1cccc(OC)c1. The van der Waals surface area contributed by atoms with E-state index < -0.39 is 5.60 Å². The number of hydrogen-bond acceptors (Lipinski definition) is 3. The second-order valence-corrected chi connectivity index (χ2v) is 7.93. The molecule has 2 atom stereocenters. The lowest BCUT2D eigenvalue weighted by Gasteiger charge is -2.37. The number of methoxy groups -OCH3 is 1. The van der Waals surface area contributed by atoms with Crippen LogP contribution in [0.2, 0.25) is 0 Å². The van der Waals surface area contributed by atoms with Gasteiger partial charge in [0.25, 0.3) is 0 Å². The highest BCUT2D eigenvalue weighted by Crippen LogP contribution is 2.47. The minimum atomic E-state index is -0.841. The largest absolute Gasteiger partial charge is 0.497 e. The Bertz CT molecular complexity index is 756. The number of fused-ring (bicyclic) bond motifs is 1. The average molecular weight is 382 g/mol. The summed E-state index contributed by atoms with van der Waals surface area (Å²) in [6.07, 6.45) is 4.89. The van der Waals surface area contributed by atoms with E-state index in [9.17, 15) is 5.11 Å². The highest BCUT2D eigenvalue weighted by atomic mass is 16.5. The van der Waals surface area contributed by atoms with Crippen molar-refractivity contribution < 1.29 is 9.84 Å². The molecule has 1 N–H and O–H groups in total. The van der Waals surface area contributed by atoms with Gasteiger partial charge in [-0.2, -0.15) is 0 Å². The Hall–Kier alpha value is -1.84. The molecule has 0 fully saturated rings. The topological polar surface area (TPSA) is 32.7 Å². The first-order chi connectivity index (χ1) is 13.6. The minimum absolute atomic E-state index is 0.0861. The molecule has 0 radical (unpaired) electrons. The van der Waals surface area contributed by atoms with E-state index in [1.165, 1.54) is 11.1 Å². The zero-order valence-corrected chi connectivity index (χ0v) is 17.7. The molecule has 0 heterocycles. The van der Waals surface area contributed by atoms with Crippen LogP contribution in [-0.4, -0.2) is 36.8 Å². The Morgan fingerprint density at radius 2 is 1.89 bits per heavy atom. The second-order valence-electron chi connectivity index (χ2n) is 7.93. The van der Waals surface area contributed by atoms with Crippen LogP contribution in [-0.2, 0) is 12.0 Å². The quantitative estimate of drug-likeness (QED) is 0.644. The van der Waals surface area contributed by atoms with Crippen molar-refractivity contribution in [3.05, 3.63) is 65.2 Å². The molecule has 2 aromatic rings. The molecule has 152 valence electrons. The smallest absolute Gasteiger partial charge is 0.119 e. The zero-order valence-electron chi connectivity index (χ0n) is 17.7. The molecule has 1 aliphatic rings. The standard InChI is InChI=1S/C25H35NO2/c1-4-26(5-2)18-10-17-25(27)23-15-7-6-11-20(23)12-9-16-24(25)21-13-8-14-22(19-21)28-3/h6-8,11,13-15,19,24,27H,4-5,9-10,12,16-18H2,1-3H3. The molecule has 0 saturated heterocycles. The number of hydrogen-bond donors (Lipinski definition) is 1. The molecule has 0 aromatic heterocycles. The molecule has 0 saturated carbocycles. The molecule has 0 aliphatic heterocycles. The van der Waals surface area contributed by atoms with Gasteiger partial charge in [0.1, 0.15) is 5.75 Å². The van der Waals surface area contributed by atoms with Crippen molar-refractivity contribution in [2.75, 3.05) is 26.7 Å². The van der Waals surface area contributed by atoms with Crippen LogP contribution >= 0.6 is 0 Å². The van der Waals surface area contributed by atoms with Gasteiger partial charge in [-0.1, -0.05) is 50.2 Å². The third kappa shape index (κ3) is 4.42. The average Bonchev–Trinajstić information content (AvgIpc) is 2.88. The normalized spacial score (nSPS) is 22.0. The lowest BCUT2D eigenvalue weighted by atomic mass is 9.73. The van der Waals surface area contributed by atoms with Gasteiger partial charge >= 0.3 is 0 Å². The predicted molar refractivity (Wildman–Crippen MR) is 116 cm³/mol. The van der Waals surface area contributed by atoms with Crippen LogP contribution in [0.1, 0.15) is 62.1 Å². The number of ether oxygens (including phenoxy) is 1. The summed E-state index contributed by atoms with van der Waals surface area (Å²) in [7, 11) is 1.71. The maximum absolute atomic E-state index is 12.2. The molecule has 3 heteroatoms. The first-order valence-electron chi connectivity index (χ1n) is 10.8. The fraction of sp³-hybridized carbons (Fsp3) is 0.520. The highest BCUT2D eigenvalue weighted by molar-refractivity contribution is 5.40. The van der Waals surface area contributed by atoms with Crippen molar-refractivity contribution in [1.29, 1.82) is 0 Å². The molecular formula is C25H35NO2. The number of aliphatic hydroxyl groups is 1. The van der Waals surface area contributed by atoms with Crippen molar-refractivity contribution in [2.24, 2.45) is 0 Å². The Labute approximate surface area is 170 Å². The summed E-state index contributed by atoms with van der Waals surface area (Å²) in [6.45, 7) is 7.56. The highest BCUT2D eigenvalue weighted by Gasteiger charge is 2.41. The van der Waals surface area contributed by atoms with Gasteiger partial charge in [0.05, 0.1) is 12.7 Å². The fourth-order valence-electron chi connectivity index (χ4n) is 4.81. The third-order valence-electron chi connectivity index (χ3n) is 6.42. The van der Waals surface area contributed by atoms with E-state index >= 15 is 0 Å². The van der Waals surface area contributed by atoms with E-state index in [0.29, 0.717) is 0 Å². The molecule has 3 nitrogen and oxygen atoms in total. The lowest BCUT2D eigenvalue weighted by Crippen LogP contribution is -2.35.